The minimum absolute atomic E-state index is 0.632. The fourth-order valence-corrected chi connectivity index (χ4v) is 9.02. The molecule has 12 aromatic rings. The Morgan fingerprint density at radius 3 is 1.23 bits per heavy atom. The van der Waals surface area contributed by atoms with Crippen molar-refractivity contribution in [2.75, 3.05) is 0 Å². The van der Waals surface area contributed by atoms with Crippen LogP contribution in [0.15, 0.2) is 224 Å². The molecule has 3 heterocycles. The molecule has 5 nitrogen and oxygen atoms in total. The van der Waals surface area contributed by atoms with Gasteiger partial charge in [0.1, 0.15) is 0 Å². The van der Waals surface area contributed by atoms with Crippen LogP contribution in [-0.2, 0) is 0 Å². The first-order chi connectivity index (χ1) is 30.7. The number of rotatable bonds is 7. The number of aromatic nitrogens is 5. The van der Waals surface area contributed by atoms with E-state index in [4.69, 9.17) is 15.0 Å². The van der Waals surface area contributed by atoms with E-state index in [0.29, 0.717) is 17.5 Å². The van der Waals surface area contributed by atoms with Gasteiger partial charge >= 0.3 is 0 Å². The highest BCUT2D eigenvalue weighted by molar-refractivity contribution is 6.19. The number of hydrogen-bond acceptors (Lipinski definition) is 3. The van der Waals surface area contributed by atoms with E-state index in [1.165, 1.54) is 43.7 Å². The monoisotopic (exact) mass is 791 g/mol. The number of nitrogens with zero attached hydrogens (tertiary/aromatic N) is 5. The second-order valence-electron chi connectivity index (χ2n) is 15.7. The van der Waals surface area contributed by atoms with Gasteiger partial charge in [-0.3, -0.25) is 0 Å². The SMILES string of the molecule is c1ccc(-c2ccc(-n3c4ccccc4c4cc5c6ccccc6n(-c6cccc(-c7cccc(-c8nc(-c9ccccc9)nc(-c9ccccc9)n8)c7)c6)c5cc43)cc2)cc1. The summed E-state index contributed by atoms with van der Waals surface area (Å²) >= 11 is 0. The zero-order valence-corrected chi connectivity index (χ0v) is 33.6. The lowest BCUT2D eigenvalue weighted by molar-refractivity contribution is 1.07. The molecule has 0 saturated heterocycles. The molecule has 62 heavy (non-hydrogen) atoms. The maximum Gasteiger partial charge on any atom is 0.164 e. The van der Waals surface area contributed by atoms with Crippen LogP contribution in [0.4, 0.5) is 0 Å². The number of hydrogen-bond donors (Lipinski definition) is 0. The summed E-state index contributed by atoms with van der Waals surface area (Å²) in [5.41, 5.74) is 14.3. The Hall–Kier alpha value is -8.41. The van der Waals surface area contributed by atoms with Crippen LogP contribution >= 0.6 is 0 Å². The minimum atomic E-state index is 0.632. The zero-order chi connectivity index (χ0) is 41.0. The zero-order valence-electron chi connectivity index (χ0n) is 33.6. The van der Waals surface area contributed by atoms with Gasteiger partial charge in [-0.05, 0) is 76.9 Å². The van der Waals surface area contributed by atoms with E-state index >= 15 is 0 Å². The van der Waals surface area contributed by atoms with E-state index in [-0.39, 0.29) is 0 Å². The van der Waals surface area contributed by atoms with Crippen LogP contribution in [-0.4, -0.2) is 24.1 Å². The molecule has 0 fully saturated rings. The quantitative estimate of drug-likeness (QED) is 0.162. The van der Waals surface area contributed by atoms with Gasteiger partial charge in [0.05, 0.1) is 22.1 Å². The molecule has 0 aliphatic heterocycles. The highest BCUT2D eigenvalue weighted by Gasteiger charge is 2.19. The van der Waals surface area contributed by atoms with Gasteiger partial charge in [0.2, 0.25) is 0 Å². The van der Waals surface area contributed by atoms with E-state index in [0.717, 1.165) is 50.2 Å². The summed E-state index contributed by atoms with van der Waals surface area (Å²) in [6.45, 7) is 0. The predicted molar refractivity (Wildman–Crippen MR) is 256 cm³/mol. The fraction of sp³-hybridized carbons (Fsp3) is 0. The third-order valence-corrected chi connectivity index (χ3v) is 12.0. The van der Waals surface area contributed by atoms with E-state index in [2.05, 4.69) is 173 Å². The van der Waals surface area contributed by atoms with Crippen LogP contribution in [0.2, 0.25) is 0 Å². The lowest BCUT2D eigenvalue weighted by Crippen LogP contribution is -2.00. The van der Waals surface area contributed by atoms with Crippen LogP contribution in [0.5, 0.6) is 0 Å². The molecule has 0 saturated carbocycles. The van der Waals surface area contributed by atoms with Crippen molar-refractivity contribution in [3.63, 3.8) is 0 Å². The van der Waals surface area contributed by atoms with E-state index in [9.17, 15) is 0 Å². The molecule has 0 bridgehead atoms. The summed E-state index contributed by atoms with van der Waals surface area (Å²) in [6, 6.07) is 79.4. The molecule has 9 aromatic carbocycles. The maximum atomic E-state index is 5.02. The van der Waals surface area contributed by atoms with Gasteiger partial charge in [-0.1, -0.05) is 170 Å². The molecule has 5 heteroatoms. The van der Waals surface area contributed by atoms with Gasteiger partial charge in [-0.15, -0.1) is 0 Å². The Morgan fingerprint density at radius 1 is 0.226 bits per heavy atom. The number of para-hydroxylation sites is 2. The summed E-state index contributed by atoms with van der Waals surface area (Å²) in [4.78, 5) is 15.0. The molecule has 12 rings (SSSR count). The summed E-state index contributed by atoms with van der Waals surface area (Å²) in [5.74, 6) is 1.92. The second-order valence-corrected chi connectivity index (χ2v) is 15.7. The molecule has 0 atom stereocenters. The number of benzene rings is 9. The van der Waals surface area contributed by atoms with Crippen molar-refractivity contribution in [3.05, 3.63) is 224 Å². The van der Waals surface area contributed by atoms with Crippen LogP contribution in [0, 0.1) is 0 Å². The molecule has 290 valence electrons. The third kappa shape index (κ3) is 6.06. The van der Waals surface area contributed by atoms with Crippen molar-refractivity contribution in [2.24, 2.45) is 0 Å². The van der Waals surface area contributed by atoms with E-state index in [1.807, 2.05) is 60.7 Å². The van der Waals surface area contributed by atoms with Gasteiger partial charge in [-0.2, -0.15) is 0 Å². The van der Waals surface area contributed by atoms with Crippen molar-refractivity contribution in [3.8, 4) is 67.8 Å². The second kappa shape index (κ2) is 14.7. The van der Waals surface area contributed by atoms with Gasteiger partial charge < -0.3 is 9.13 Å². The Bertz CT molecular complexity index is 3550. The molecule has 3 aromatic heterocycles. The van der Waals surface area contributed by atoms with Crippen LogP contribution in [0.25, 0.3) is 111 Å². The Morgan fingerprint density at radius 2 is 0.645 bits per heavy atom. The average molecular weight is 792 g/mol. The molecule has 0 N–H and O–H groups in total. The molecule has 0 radical (unpaired) electrons. The van der Waals surface area contributed by atoms with Crippen LogP contribution in [0.1, 0.15) is 0 Å². The molecular formula is C57H37N5. The number of fused-ring (bicyclic) bond motifs is 6. The highest BCUT2D eigenvalue weighted by Crippen LogP contribution is 2.40. The molecule has 0 unspecified atom stereocenters. The van der Waals surface area contributed by atoms with Crippen molar-refractivity contribution in [2.45, 2.75) is 0 Å². The predicted octanol–water partition coefficient (Wildman–Crippen LogP) is 14.4. The minimum Gasteiger partial charge on any atom is -0.309 e. The van der Waals surface area contributed by atoms with Crippen LogP contribution in [0.3, 0.4) is 0 Å². The van der Waals surface area contributed by atoms with Crippen molar-refractivity contribution in [1.29, 1.82) is 0 Å². The third-order valence-electron chi connectivity index (χ3n) is 12.0. The van der Waals surface area contributed by atoms with Crippen LogP contribution < -0.4 is 0 Å². The summed E-state index contributed by atoms with van der Waals surface area (Å²) in [7, 11) is 0. The first-order valence-corrected chi connectivity index (χ1v) is 20.9. The topological polar surface area (TPSA) is 48.5 Å². The molecular weight excluding hydrogens is 755 g/mol. The summed E-state index contributed by atoms with van der Waals surface area (Å²) in [5, 5.41) is 4.92. The first kappa shape index (κ1) is 35.5. The van der Waals surface area contributed by atoms with Gasteiger partial charge in [0.15, 0.2) is 17.5 Å². The van der Waals surface area contributed by atoms with E-state index in [1.54, 1.807) is 0 Å². The molecule has 0 spiro atoms. The Kier molecular flexibility index (Phi) is 8.42. The highest BCUT2D eigenvalue weighted by atomic mass is 15.0. The maximum absolute atomic E-state index is 5.02. The smallest absolute Gasteiger partial charge is 0.164 e. The van der Waals surface area contributed by atoms with Gasteiger partial charge in [-0.25, -0.2) is 15.0 Å². The fourth-order valence-electron chi connectivity index (χ4n) is 9.02. The van der Waals surface area contributed by atoms with Gasteiger partial charge in [0.25, 0.3) is 0 Å². The summed E-state index contributed by atoms with van der Waals surface area (Å²) in [6.07, 6.45) is 0. The normalized spacial score (nSPS) is 11.5. The lowest BCUT2D eigenvalue weighted by atomic mass is 10.0. The van der Waals surface area contributed by atoms with Gasteiger partial charge in [0, 0.05) is 49.6 Å². The van der Waals surface area contributed by atoms with Crippen molar-refractivity contribution in [1.82, 2.24) is 24.1 Å². The first-order valence-electron chi connectivity index (χ1n) is 20.9. The largest absolute Gasteiger partial charge is 0.309 e. The Labute approximate surface area is 358 Å². The molecule has 0 aliphatic carbocycles. The molecule has 0 amide bonds. The average Bonchev–Trinajstić information content (AvgIpc) is 3.86. The van der Waals surface area contributed by atoms with E-state index < -0.39 is 0 Å². The van der Waals surface area contributed by atoms with Crippen molar-refractivity contribution >= 4 is 43.6 Å². The standard InChI is InChI=1S/C57H37N5/c1-4-16-38(17-5-1)39-30-32-45(33-31-39)61-51-28-12-10-26-47(51)49-36-50-48-27-11-13-29-52(48)62(54(50)37-53(49)61)46-25-15-23-43(35-46)42-22-14-24-44(34-42)57-59-55(40-18-6-2-7-19-40)58-56(60-57)41-20-8-3-9-21-41/h1-37H. The molecule has 0 aliphatic rings. The Balaban J connectivity index is 1.00. The summed E-state index contributed by atoms with van der Waals surface area (Å²) < 4.78 is 4.83. The van der Waals surface area contributed by atoms with Crippen molar-refractivity contribution < 1.29 is 0 Å². The lowest BCUT2D eigenvalue weighted by Gasteiger charge is -2.13.